The highest BCUT2D eigenvalue weighted by Crippen LogP contribution is 2.17. The molecule has 6 heteroatoms. The summed E-state index contributed by atoms with van der Waals surface area (Å²) in [6, 6.07) is 5.22. The number of carboxylic acid groups (broad SMARTS) is 1. The van der Waals surface area contributed by atoms with Gasteiger partial charge in [-0.25, -0.2) is 0 Å². The van der Waals surface area contributed by atoms with Crippen LogP contribution in [0.3, 0.4) is 0 Å². The minimum atomic E-state index is -0.963. The summed E-state index contributed by atoms with van der Waals surface area (Å²) in [5.41, 5.74) is 2.55. The average Bonchev–Trinajstić information content (AvgIpc) is 2.54. The Balaban J connectivity index is 1.97. The number of hydrogen-bond acceptors (Lipinski definition) is 4. The molecule has 6 nitrogen and oxygen atoms in total. The van der Waals surface area contributed by atoms with Gasteiger partial charge in [0.1, 0.15) is 0 Å². The van der Waals surface area contributed by atoms with Crippen molar-refractivity contribution in [1.82, 2.24) is 4.90 Å². The van der Waals surface area contributed by atoms with E-state index in [0.717, 1.165) is 11.1 Å². The van der Waals surface area contributed by atoms with Crippen LogP contribution in [-0.4, -0.2) is 53.5 Å². The summed E-state index contributed by atoms with van der Waals surface area (Å²) in [4.78, 5) is 37.2. The maximum Gasteiger partial charge on any atom is 0.305 e. The van der Waals surface area contributed by atoms with Gasteiger partial charge in [0.05, 0.1) is 25.7 Å². The second-order valence-corrected chi connectivity index (χ2v) is 6.16. The monoisotopic (exact) mass is 333 g/mol. The molecular formula is C18H23NO5. The Kier molecular flexibility index (Phi) is 6.09. The maximum absolute atomic E-state index is 12.4. The summed E-state index contributed by atoms with van der Waals surface area (Å²) in [6.45, 7) is 4.79. The Morgan fingerprint density at radius 2 is 2.00 bits per heavy atom. The number of Topliss-reactive ketones (excluding diaryl/α,β-unsaturated/α-hetero) is 1. The van der Waals surface area contributed by atoms with Gasteiger partial charge in [0, 0.05) is 24.9 Å². The third-order valence-electron chi connectivity index (χ3n) is 4.22. The molecule has 0 bridgehead atoms. The third kappa shape index (κ3) is 4.64. The lowest BCUT2D eigenvalue weighted by molar-refractivity contribution is -0.146. The van der Waals surface area contributed by atoms with E-state index in [2.05, 4.69) is 0 Å². The smallest absolute Gasteiger partial charge is 0.305 e. The zero-order valence-electron chi connectivity index (χ0n) is 14.1. The Hall–Kier alpha value is -2.21. The number of aliphatic carboxylic acids is 1. The minimum absolute atomic E-state index is 0.0624. The Labute approximate surface area is 141 Å². The summed E-state index contributed by atoms with van der Waals surface area (Å²) in [6.07, 6.45) is 0.0687. The number of rotatable bonds is 6. The topological polar surface area (TPSA) is 83.9 Å². The lowest BCUT2D eigenvalue weighted by atomic mass is 9.99. The van der Waals surface area contributed by atoms with Crippen LogP contribution in [0.4, 0.5) is 0 Å². The molecule has 0 radical (unpaired) electrons. The summed E-state index contributed by atoms with van der Waals surface area (Å²) in [5, 5.41) is 8.94. The predicted molar refractivity (Wildman–Crippen MR) is 88.1 cm³/mol. The SMILES string of the molecule is Cc1ccc(C)c(C(=O)CCC(=O)N2CCOCC2CC(=O)O)c1. The third-order valence-corrected chi connectivity index (χ3v) is 4.22. The zero-order chi connectivity index (χ0) is 17.7. The van der Waals surface area contributed by atoms with Gasteiger partial charge in [-0.2, -0.15) is 0 Å². The molecular weight excluding hydrogens is 310 g/mol. The summed E-state index contributed by atoms with van der Waals surface area (Å²) in [7, 11) is 0. The molecule has 130 valence electrons. The molecule has 0 saturated carbocycles. The first-order valence-corrected chi connectivity index (χ1v) is 8.08. The molecule has 1 amide bonds. The Bertz CT molecular complexity index is 640. The molecule has 1 atom stereocenters. The normalized spacial score (nSPS) is 17.6. The van der Waals surface area contributed by atoms with E-state index in [9.17, 15) is 14.4 Å². The van der Waals surface area contributed by atoms with Crippen LogP contribution in [0.2, 0.25) is 0 Å². The zero-order valence-corrected chi connectivity index (χ0v) is 14.1. The highest BCUT2D eigenvalue weighted by atomic mass is 16.5. The van der Waals surface area contributed by atoms with Crippen LogP contribution >= 0.6 is 0 Å². The Morgan fingerprint density at radius 1 is 1.25 bits per heavy atom. The molecule has 0 aliphatic carbocycles. The second kappa shape index (κ2) is 8.06. The van der Waals surface area contributed by atoms with Crippen molar-refractivity contribution in [2.45, 2.75) is 39.2 Å². The molecule has 1 aliphatic rings. The van der Waals surface area contributed by atoms with Crippen LogP contribution in [0.5, 0.6) is 0 Å². The van der Waals surface area contributed by atoms with Crippen LogP contribution < -0.4 is 0 Å². The maximum atomic E-state index is 12.4. The number of ketones is 1. The molecule has 2 rings (SSSR count). The van der Waals surface area contributed by atoms with Crippen molar-refractivity contribution in [3.05, 3.63) is 34.9 Å². The van der Waals surface area contributed by atoms with E-state index < -0.39 is 12.0 Å². The van der Waals surface area contributed by atoms with Gasteiger partial charge >= 0.3 is 5.97 Å². The van der Waals surface area contributed by atoms with Gasteiger partial charge in [0.2, 0.25) is 5.91 Å². The van der Waals surface area contributed by atoms with Crippen molar-refractivity contribution < 1.29 is 24.2 Å². The van der Waals surface area contributed by atoms with Gasteiger partial charge in [0.15, 0.2) is 5.78 Å². The summed E-state index contributed by atoms with van der Waals surface area (Å²) >= 11 is 0. The molecule has 1 aliphatic heterocycles. The molecule has 1 aromatic carbocycles. The van der Waals surface area contributed by atoms with Gasteiger partial charge in [-0.1, -0.05) is 17.7 Å². The van der Waals surface area contributed by atoms with Crippen LogP contribution in [-0.2, 0) is 14.3 Å². The average molecular weight is 333 g/mol. The first kappa shape index (κ1) is 18.1. The fourth-order valence-electron chi connectivity index (χ4n) is 2.89. The number of carboxylic acids is 1. The standard InChI is InChI=1S/C18H23NO5/c1-12-3-4-13(2)15(9-12)16(20)5-6-17(21)19-7-8-24-11-14(19)10-18(22)23/h3-4,9,14H,5-8,10-11H2,1-2H3,(H,22,23). The summed E-state index contributed by atoms with van der Waals surface area (Å²) < 4.78 is 5.26. The van der Waals surface area contributed by atoms with Crippen LogP contribution in [0.25, 0.3) is 0 Å². The van der Waals surface area contributed by atoms with Crippen molar-refractivity contribution in [2.75, 3.05) is 19.8 Å². The first-order valence-electron chi connectivity index (χ1n) is 8.08. The quantitative estimate of drug-likeness (QED) is 0.805. The van der Waals surface area contributed by atoms with Crippen LogP contribution in [0, 0.1) is 13.8 Å². The van der Waals surface area contributed by atoms with Gasteiger partial charge in [0.25, 0.3) is 0 Å². The number of nitrogens with zero attached hydrogens (tertiary/aromatic N) is 1. The number of aryl methyl sites for hydroxylation is 2. The summed E-state index contributed by atoms with van der Waals surface area (Å²) in [5.74, 6) is -1.22. The first-order chi connectivity index (χ1) is 11.4. The van der Waals surface area contributed by atoms with Gasteiger partial charge in [-0.15, -0.1) is 0 Å². The van der Waals surface area contributed by atoms with Crippen molar-refractivity contribution >= 4 is 17.7 Å². The predicted octanol–water partition coefficient (Wildman–Crippen LogP) is 1.97. The van der Waals surface area contributed by atoms with Crippen LogP contribution in [0.15, 0.2) is 18.2 Å². The van der Waals surface area contributed by atoms with E-state index in [4.69, 9.17) is 9.84 Å². The highest BCUT2D eigenvalue weighted by Gasteiger charge is 2.29. The van der Waals surface area contributed by atoms with E-state index in [1.54, 1.807) is 0 Å². The molecule has 24 heavy (non-hydrogen) atoms. The van der Waals surface area contributed by atoms with E-state index >= 15 is 0 Å². The molecule has 1 N–H and O–H groups in total. The number of benzene rings is 1. The van der Waals surface area contributed by atoms with E-state index in [1.807, 2.05) is 32.0 Å². The molecule has 1 fully saturated rings. The number of morpholine rings is 1. The van der Waals surface area contributed by atoms with Crippen molar-refractivity contribution in [2.24, 2.45) is 0 Å². The molecule has 1 unspecified atom stereocenters. The van der Waals surface area contributed by atoms with Crippen molar-refractivity contribution in [1.29, 1.82) is 0 Å². The minimum Gasteiger partial charge on any atom is -0.481 e. The number of ether oxygens (including phenoxy) is 1. The number of carbonyl (C=O) groups excluding carboxylic acids is 2. The van der Waals surface area contributed by atoms with E-state index in [0.29, 0.717) is 18.7 Å². The molecule has 0 aromatic heterocycles. The molecule has 1 aromatic rings. The second-order valence-electron chi connectivity index (χ2n) is 6.16. The van der Waals surface area contributed by atoms with Crippen molar-refractivity contribution in [3.8, 4) is 0 Å². The number of hydrogen-bond donors (Lipinski definition) is 1. The largest absolute Gasteiger partial charge is 0.481 e. The van der Waals surface area contributed by atoms with Gasteiger partial charge in [-0.05, 0) is 25.5 Å². The fraction of sp³-hybridized carbons (Fsp3) is 0.500. The van der Waals surface area contributed by atoms with Gasteiger partial charge in [-0.3, -0.25) is 14.4 Å². The fourth-order valence-corrected chi connectivity index (χ4v) is 2.89. The van der Waals surface area contributed by atoms with E-state index in [1.165, 1.54) is 4.90 Å². The number of carbonyl (C=O) groups is 3. The molecule has 1 heterocycles. The highest BCUT2D eigenvalue weighted by molar-refractivity contribution is 5.99. The van der Waals surface area contributed by atoms with Gasteiger partial charge < -0.3 is 14.7 Å². The molecule has 0 spiro atoms. The van der Waals surface area contributed by atoms with Crippen molar-refractivity contribution in [3.63, 3.8) is 0 Å². The molecule has 1 saturated heterocycles. The number of amides is 1. The lowest BCUT2D eigenvalue weighted by Gasteiger charge is -2.34. The Morgan fingerprint density at radius 3 is 2.71 bits per heavy atom. The lowest BCUT2D eigenvalue weighted by Crippen LogP contribution is -2.49. The van der Waals surface area contributed by atoms with E-state index in [-0.39, 0.29) is 37.6 Å². The van der Waals surface area contributed by atoms with Crippen LogP contribution in [0.1, 0.15) is 40.7 Å².